The molecule has 4 bridgehead atoms. The van der Waals surface area contributed by atoms with E-state index < -0.39 is 0 Å². The predicted molar refractivity (Wildman–Crippen MR) is 85.5 cm³/mol. The van der Waals surface area contributed by atoms with Crippen LogP contribution in [0, 0.1) is 23.7 Å². The van der Waals surface area contributed by atoms with Gasteiger partial charge in [-0.25, -0.2) is 0 Å². The monoisotopic (exact) mass is 285 g/mol. The molecule has 4 fully saturated rings. The van der Waals surface area contributed by atoms with Gasteiger partial charge in [-0.1, -0.05) is 12.1 Å². The molecule has 0 heterocycles. The first-order valence-corrected chi connectivity index (χ1v) is 8.68. The number of nitrogens with one attached hydrogen (secondary N) is 1. The zero-order valence-electron chi connectivity index (χ0n) is 13.1. The Hall–Kier alpha value is -1.02. The zero-order valence-corrected chi connectivity index (χ0v) is 13.1. The molecule has 0 amide bonds. The van der Waals surface area contributed by atoms with Crippen molar-refractivity contribution in [3.05, 3.63) is 29.8 Å². The largest absolute Gasteiger partial charge is 0.497 e. The van der Waals surface area contributed by atoms with E-state index in [9.17, 15) is 0 Å². The second-order valence-corrected chi connectivity index (χ2v) is 7.51. The average Bonchev–Trinajstić information content (AvgIpc) is 2.49. The lowest BCUT2D eigenvalue weighted by atomic mass is 9.54. The van der Waals surface area contributed by atoms with Gasteiger partial charge in [-0.3, -0.25) is 0 Å². The number of benzene rings is 1. The van der Waals surface area contributed by atoms with Crippen LogP contribution in [0.3, 0.4) is 0 Å². The van der Waals surface area contributed by atoms with Crippen LogP contribution < -0.4 is 10.1 Å². The quantitative estimate of drug-likeness (QED) is 0.891. The maximum atomic E-state index is 5.31. The third-order valence-electron chi connectivity index (χ3n) is 6.15. The molecule has 0 atom stereocenters. The predicted octanol–water partition coefficient (Wildman–Crippen LogP) is 3.65. The van der Waals surface area contributed by atoms with Crippen molar-refractivity contribution in [2.75, 3.05) is 13.7 Å². The Morgan fingerprint density at radius 2 is 1.76 bits per heavy atom. The van der Waals surface area contributed by atoms with E-state index in [-0.39, 0.29) is 0 Å². The molecule has 0 spiro atoms. The molecule has 2 nitrogen and oxygen atoms in total. The van der Waals surface area contributed by atoms with Crippen LogP contribution in [0.1, 0.15) is 37.7 Å². The highest BCUT2D eigenvalue weighted by Crippen LogP contribution is 2.53. The SMILES string of the molecule is COc1cccc(CCNC2C3CC4CC(C3)CC2C4)c1. The van der Waals surface area contributed by atoms with E-state index in [1.54, 1.807) is 13.5 Å². The van der Waals surface area contributed by atoms with Gasteiger partial charge in [0.2, 0.25) is 0 Å². The molecule has 5 rings (SSSR count). The van der Waals surface area contributed by atoms with Crippen molar-refractivity contribution >= 4 is 0 Å². The summed E-state index contributed by atoms with van der Waals surface area (Å²) in [6.07, 6.45) is 8.67. The summed E-state index contributed by atoms with van der Waals surface area (Å²) in [6.45, 7) is 1.11. The van der Waals surface area contributed by atoms with E-state index in [0.717, 1.165) is 48.4 Å². The first kappa shape index (κ1) is 13.6. The first-order valence-electron chi connectivity index (χ1n) is 8.68. The molecular formula is C19H27NO. The number of hydrogen-bond acceptors (Lipinski definition) is 2. The molecule has 0 unspecified atom stereocenters. The highest BCUT2D eigenvalue weighted by Gasteiger charge is 2.47. The van der Waals surface area contributed by atoms with Gasteiger partial charge in [0.15, 0.2) is 0 Å². The van der Waals surface area contributed by atoms with Crippen molar-refractivity contribution in [2.45, 2.75) is 44.6 Å². The number of methoxy groups -OCH3 is 1. The van der Waals surface area contributed by atoms with Crippen molar-refractivity contribution < 1.29 is 4.74 Å². The summed E-state index contributed by atoms with van der Waals surface area (Å²) in [7, 11) is 1.74. The van der Waals surface area contributed by atoms with E-state index in [1.807, 2.05) is 6.07 Å². The zero-order chi connectivity index (χ0) is 14.2. The summed E-state index contributed by atoms with van der Waals surface area (Å²) in [4.78, 5) is 0. The molecule has 4 aliphatic carbocycles. The number of ether oxygens (including phenoxy) is 1. The number of hydrogen-bond donors (Lipinski definition) is 1. The molecule has 0 aromatic heterocycles. The van der Waals surface area contributed by atoms with E-state index in [2.05, 4.69) is 23.5 Å². The van der Waals surface area contributed by atoms with Gasteiger partial charge in [0.1, 0.15) is 5.75 Å². The molecule has 4 aliphatic rings. The van der Waals surface area contributed by atoms with E-state index >= 15 is 0 Å². The second-order valence-electron chi connectivity index (χ2n) is 7.51. The van der Waals surface area contributed by atoms with Crippen molar-refractivity contribution in [3.63, 3.8) is 0 Å². The maximum absolute atomic E-state index is 5.31. The van der Waals surface area contributed by atoms with Gasteiger partial charge in [-0.15, -0.1) is 0 Å². The van der Waals surface area contributed by atoms with Crippen LogP contribution in [0.15, 0.2) is 24.3 Å². The van der Waals surface area contributed by atoms with Crippen LogP contribution in [0.4, 0.5) is 0 Å². The lowest BCUT2D eigenvalue weighted by molar-refractivity contribution is -0.0133. The van der Waals surface area contributed by atoms with Gasteiger partial charge < -0.3 is 10.1 Å². The molecule has 1 aromatic rings. The highest BCUT2D eigenvalue weighted by molar-refractivity contribution is 5.28. The average molecular weight is 285 g/mol. The highest BCUT2D eigenvalue weighted by atomic mass is 16.5. The first-order chi connectivity index (χ1) is 10.3. The summed E-state index contributed by atoms with van der Waals surface area (Å²) in [5, 5.41) is 3.91. The van der Waals surface area contributed by atoms with Gasteiger partial charge in [-0.05, 0) is 86.4 Å². The Morgan fingerprint density at radius 1 is 1.05 bits per heavy atom. The van der Waals surface area contributed by atoms with Gasteiger partial charge in [0, 0.05) is 6.04 Å². The standard InChI is InChI=1S/C19H27NO/c1-21-18-4-2-3-13(12-18)5-6-20-19-16-8-14-7-15(10-16)11-17(19)9-14/h2-4,12,14-17,19-20H,5-11H2,1H3. The fourth-order valence-electron chi connectivity index (χ4n) is 5.47. The maximum Gasteiger partial charge on any atom is 0.119 e. The third-order valence-corrected chi connectivity index (χ3v) is 6.15. The Balaban J connectivity index is 1.33. The van der Waals surface area contributed by atoms with Crippen LogP contribution in [0.25, 0.3) is 0 Å². The molecule has 0 saturated heterocycles. The Morgan fingerprint density at radius 3 is 2.43 bits per heavy atom. The van der Waals surface area contributed by atoms with Crippen LogP contribution in [0.2, 0.25) is 0 Å². The van der Waals surface area contributed by atoms with E-state index in [1.165, 1.54) is 31.2 Å². The molecule has 0 aliphatic heterocycles. The van der Waals surface area contributed by atoms with Gasteiger partial charge >= 0.3 is 0 Å². The second kappa shape index (κ2) is 5.64. The molecule has 114 valence electrons. The molecule has 0 radical (unpaired) electrons. The molecule has 21 heavy (non-hydrogen) atoms. The molecule has 2 heteroatoms. The van der Waals surface area contributed by atoms with Gasteiger partial charge in [-0.2, -0.15) is 0 Å². The van der Waals surface area contributed by atoms with Gasteiger partial charge in [0.25, 0.3) is 0 Å². The van der Waals surface area contributed by atoms with E-state index in [4.69, 9.17) is 4.74 Å². The smallest absolute Gasteiger partial charge is 0.119 e. The summed E-state index contributed by atoms with van der Waals surface area (Å²) in [5.41, 5.74) is 1.38. The Bertz CT molecular complexity index is 470. The topological polar surface area (TPSA) is 21.3 Å². The lowest BCUT2D eigenvalue weighted by Gasteiger charge is -2.54. The van der Waals surface area contributed by atoms with Crippen molar-refractivity contribution in [1.82, 2.24) is 5.32 Å². The van der Waals surface area contributed by atoms with Crippen LogP contribution in [-0.2, 0) is 6.42 Å². The normalized spacial score (nSPS) is 36.9. The summed E-state index contributed by atoms with van der Waals surface area (Å²) >= 11 is 0. The molecule has 1 aromatic carbocycles. The van der Waals surface area contributed by atoms with Crippen molar-refractivity contribution in [2.24, 2.45) is 23.7 Å². The number of rotatable bonds is 5. The fraction of sp³-hybridized carbons (Fsp3) is 0.684. The van der Waals surface area contributed by atoms with Crippen molar-refractivity contribution in [1.29, 1.82) is 0 Å². The fourth-order valence-corrected chi connectivity index (χ4v) is 5.47. The minimum absolute atomic E-state index is 0.809. The minimum Gasteiger partial charge on any atom is -0.497 e. The molecule has 1 N–H and O–H groups in total. The Kier molecular flexibility index (Phi) is 3.66. The van der Waals surface area contributed by atoms with Crippen LogP contribution >= 0.6 is 0 Å². The van der Waals surface area contributed by atoms with Crippen molar-refractivity contribution in [3.8, 4) is 5.75 Å². The third kappa shape index (κ3) is 2.70. The Labute approximate surface area is 128 Å². The van der Waals surface area contributed by atoms with Crippen LogP contribution in [-0.4, -0.2) is 19.7 Å². The summed E-state index contributed by atoms with van der Waals surface area (Å²) in [5.74, 6) is 5.08. The van der Waals surface area contributed by atoms with Gasteiger partial charge in [0.05, 0.1) is 7.11 Å². The van der Waals surface area contributed by atoms with E-state index in [0.29, 0.717) is 0 Å². The summed E-state index contributed by atoms with van der Waals surface area (Å²) < 4.78 is 5.31. The molecular weight excluding hydrogens is 258 g/mol. The van der Waals surface area contributed by atoms with Crippen LogP contribution in [0.5, 0.6) is 5.75 Å². The summed E-state index contributed by atoms with van der Waals surface area (Å²) in [6, 6.07) is 9.30. The minimum atomic E-state index is 0.809. The molecule has 4 saturated carbocycles. The lowest BCUT2D eigenvalue weighted by Crippen LogP contribution is -2.54.